The van der Waals surface area contributed by atoms with Crippen LogP contribution in [0, 0.1) is 0 Å². The molecule has 0 spiro atoms. The third kappa shape index (κ3) is 4.05. The maximum absolute atomic E-state index is 11.0. The van der Waals surface area contributed by atoms with Crippen molar-refractivity contribution in [2.45, 2.75) is 4.90 Å². The number of carbonyl (C=O) groups is 2. The van der Waals surface area contributed by atoms with Crippen LogP contribution >= 0.6 is 0 Å². The van der Waals surface area contributed by atoms with Gasteiger partial charge in [0.1, 0.15) is 11.5 Å². The summed E-state index contributed by atoms with van der Waals surface area (Å²) >= 11 is 0. The van der Waals surface area contributed by atoms with E-state index in [0.29, 0.717) is 0 Å². The van der Waals surface area contributed by atoms with Crippen molar-refractivity contribution in [3.05, 3.63) is 53.6 Å². The Kier molecular flexibility index (Phi) is 4.34. The molecule has 0 radical (unpaired) electrons. The van der Waals surface area contributed by atoms with Crippen molar-refractivity contribution in [3.63, 3.8) is 0 Å². The monoisotopic (exact) mass is 338 g/mol. The summed E-state index contributed by atoms with van der Waals surface area (Å²) in [7, 11) is -4.34. The molecule has 8 nitrogen and oxygen atoms in total. The SMILES string of the molecule is O=C(O)c1cc(Oc2ccc(S(=O)(=O)O)cc2)cc(C(=O)O)c1. The van der Waals surface area contributed by atoms with Gasteiger partial charge in [-0.2, -0.15) is 8.42 Å². The number of ether oxygens (including phenoxy) is 1. The Bertz CT molecular complexity index is 836. The highest BCUT2D eigenvalue weighted by Gasteiger charge is 2.13. The molecule has 0 heterocycles. The van der Waals surface area contributed by atoms with Crippen LogP contribution in [0.4, 0.5) is 0 Å². The van der Waals surface area contributed by atoms with Crippen LogP contribution in [0.15, 0.2) is 47.4 Å². The van der Waals surface area contributed by atoms with Crippen LogP contribution in [0.25, 0.3) is 0 Å². The zero-order chi connectivity index (χ0) is 17.2. The number of carboxylic acids is 2. The van der Waals surface area contributed by atoms with E-state index in [2.05, 4.69) is 0 Å². The molecule has 0 amide bonds. The maximum Gasteiger partial charge on any atom is 0.335 e. The van der Waals surface area contributed by atoms with E-state index in [-0.39, 0.29) is 27.5 Å². The molecule has 0 aliphatic heterocycles. The molecule has 0 aromatic heterocycles. The normalized spacial score (nSPS) is 11.0. The summed E-state index contributed by atoms with van der Waals surface area (Å²) in [6, 6.07) is 7.89. The number of hydrogen-bond acceptors (Lipinski definition) is 5. The minimum absolute atomic E-state index is 0.0399. The number of hydrogen-bond donors (Lipinski definition) is 3. The summed E-state index contributed by atoms with van der Waals surface area (Å²) in [5.74, 6) is -2.54. The van der Waals surface area contributed by atoms with Gasteiger partial charge in [0.2, 0.25) is 0 Å². The van der Waals surface area contributed by atoms with Gasteiger partial charge in [-0.15, -0.1) is 0 Å². The molecule has 0 fully saturated rings. The predicted octanol–water partition coefficient (Wildman–Crippen LogP) is 2.12. The summed E-state index contributed by atoms with van der Waals surface area (Å²) in [5.41, 5.74) is -0.538. The molecule has 9 heteroatoms. The molecule has 0 bridgehead atoms. The van der Waals surface area contributed by atoms with Crippen molar-refractivity contribution >= 4 is 22.1 Å². The lowest BCUT2D eigenvalue weighted by atomic mass is 10.1. The van der Waals surface area contributed by atoms with Gasteiger partial charge in [-0.25, -0.2) is 9.59 Å². The van der Waals surface area contributed by atoms with Crippen LogP contribution in [0.1, 0.15) is 20.7 Å². The van der Waals surface area contributed by atoms with Crippen LogP contribution < -0.4 is 4.74 Å². The fraction of sp³-hybridized carbons (Fsp3) is 0. The van der Waals surface area contributed by atoms with E-state index in [1.165, 1.54) is 12.1 Å². The van der Waals surface area contributed by atoms with E-state index >= 15 is 0 Å². The zero-order valence-corrected chi connectivity index (χ0v) is 12.1. The molecule has 0 aliphatic rings. The van der Waals surface area contributed by atoms with E-state index in [1.54, 1.807) is 0 Å². The second kappa shape index (κ2) is 6.07. The summed E-state index contributed by atoms with van der Waals surface area (Å²) in [5, 5.41) is 17.9. The quantitative estimate of drug-likeness (QED) is 0.705. The Balaban J connectivity index is 2.36. The van der Waals surface area contributed by atoms with Gasteiger partial charge >= 0.3 is 11.9 Å². The molecule has 2 aromatic carbocycles. The third-order valence-corrected chi connectivity index (χ3v) is 3.63. The van der Waals surface area contributed by atoms with Gasteiger partial charge in [-0.1, -0.05) is 0 Å². The Labute approximate surface area is 130 Å². The zero-order valence-electron chi connectivity index (χ0n) is 11.3. The average molecular weight is 338 g/mol. The lowest BCUT2D eigenvalue weighted by Gasteiger charge is -2.08. The van der Waals surface area contributed by atoms with Crippen molar-refractivity contribution < 1.29 is 37.5 Å². The van der Waals surface area contributed by atoms with E-state index in [4.69, 9.17) is 19.5 Å². The predicted molar refractivity (Wildman–Crippen MR) is 76.7 cm³/mol. The lowest BCUT2D eigenvalue weighted by molar-refractivity contribution is 0.0696. The van der Waals surface area contributed by atoms with Crippen molar-refractivity contribution in [3.8, 4) is 11.5 Å². The average Bonchev–Trinajstić information content (AvgIpc) is 2.46. The van der Waals surface area contributed by atoms with Gasteiger partial charge < -0.3 is 14.9 Å². The van der Waals surface area contributed by atoms with Gasteiger partial charge in [0, 0.05) is 0 Å². The minimum Gasteiger partial charge on any atom is -0.478 e. The Hall–Kier alpha value is -2.91. The molecule has 0 saturated heterocycles. The Morgan fingerprint density at radius 2 is 1.30 bits per heavy atom. The molecule has 0 atom stereocenters. The lowest BCUT2D eigenvalue weighted by Crippen LogP contribution is -2.03. The fourth-order valence-corrected chi connectivity index (χ4v) is 2.20. The first-order chi connectivity index (χ1) is 10.7. The Morgan fingerprint density at radius 3 is 1.70 bits per heavy atom. The van der Waals surface area contributed by atoms with Gasteiger partial charge in [-0.3, -0.25) is 4.55 Å². The molecule has 2 aromatic rings. The summed E-state index contributed by atoms with van der Waals surface area (Å²) in [4.78, 5) is 21.6. The molecule has 0 unspecified atom stereocenters. The number of carboxylic acid groups (broad SMARTS) is 2. The maximum atomic E-state index is 11.0. The molecule has 23 heavy (non-hydrogen) atoms. The smallest absolute Gasteiger partial charge is 0.335 e. The standard InChI is InChI=1S/C14H10O8S/c15-13(16)8-5-9(14(17)18)7-11(6-8)22-10-1-3-12(4-2-10)23(19,20)21/h1-7H,(H,15,16)(H,17,18)(H,19,20,21). The van der Waals surface area contributed by atoms with E-state index in [1.807, 2.05) is 0 Å². The highest BCUT2D eigenvalue weighted by Crippen LogP contribution is 2.25. The number of rotatable bonds is 5. The summed E-state index contributed by atoms with van der Waals surface area (Å²) < 4.78 is 36.0. The van der Waals surface area contributed by atoms with Gasteiger partial charge in [0.05, 0.1) is 16.0 Å². The summed E-state index contributed by atoms with van der Waals surface area (Å²) in [6.07, 6.45) is 0. The topological polar surface area (TPSA) is 138 Å². The van der Waals surface area contributed by atoms with Crippen molar-refractivity contribution in [1.82, 2.24) is 0 Å². The van der Waals surface area contributed by atoms with Gasteiger partial charge in [0.15, 0.2) is 0 Å². The van der Waals surface area contributed by atoms with Crippen LogP contribution in [0.3, 0.4) is 0 Å². The largest absolute Gasteiger partial charge is 0.478 e. The Morgan fingerprint density at radius 1 is 0.826 bits per heavy atom. The number of aromatic carboxylic acids is 2. The van der Waals surface area contributed by atoms with E-state index in [0.717, 1.165) is 30.3 Å². The van der Waals surface area contributed by atoms with E-state index < -0.39 is 22.1 Å². The van der Waals surface area contributed by atoms with Crippen molar-refractivity contribution in [2.75, 3.05) is 0 Å². The van der Waals surface area contributed by atoms with Gasteiger partial charge in [0.25, 0.3) is 10.1 Å². The van der Waals surface area contributed by atoms with Crippen molar-refractivity contribution in [1.29, 1.82) is 0 Å². The molecule has 3 N–H and O–H groups in total. The van der Waals surface area contributed by atoms with Crippen LogP contribution in [-0.4, -0.2) is 35.1 Å². The molecule has 2 rings (SSSR count). The third-order valence-electron chi connectivity index (χ3n) is 2.76. The molecule has 120 valence electrons. The van der Waals surface area contributed by atoms with Crippen molar-refractivity contribution in [2.24, 2.45) is 0 Å². The van der Waals surface area contributed by atoms with E-state index in [9.17, 15) is 18.0 Å². The van der Waals surface area contributed by atoms with Gasteiger partial charge in [-0.05, 0) is 42.5 Å². The molecular formula is C14H10O8S. The first-order valence-corrected chi connectivity index (χ1v) is 7.48. The first kappa shape index (κ1) is 16.5. The minimum atomic E-state index is -4.34. The highest BCUT2D eigenvalue weighted by molar-refractivity contribution is 7.85. The highest BCUT2D eigenvalue weighted by atomic mass is 32.2. The second-order valence-electron chi connectivity index (χ2n) is 4.40. The van der Waals surface area contributed by atoms with Crippen LogP contribution in [-0.2, 0) is 10.1 Å². The first-order valence-electron chi connectivity index (χ1n) is 6.04. The molecule has 0 aliphatic carbocycles. The summed E-state index contributed by atoms with van der Waals surface area (Å²) in [6.45, 7) is 0. The van der Waals surface area contributed by atoms with Crippen LogP contribution in [0.2, 0.25) is 0 Å². The second-order valence-corrected chi connectivity index (χ2v) is 5.83. The molecular weight excluding hydrogens is 328 g/mol. The van der Waals surface area contributed by atoms with Crippen LogP contribution in [0.5, 0.6) is 11.5 Å². The molecule has 0 saturated carbocycles. The number of benzene rings is 2. The fourth-order valence-electron chi connectivity index (χ4n) is 1.72.